The fourth-order valence-corrected chi connectivity index (χ4v) is 2.31. The average Bonchev–Trinajstić information content (AvgIpc) is 2.27. The molecule has 0 bridgehead atoms. The van der Waals surface area contributed by atoms with Crippen molar-refractivity contribution in [3.8, 4) is 0 Å². The van der Waals surface area contributed by atoms with E-state index >= 15 is 0 Å². The van der Waals surface area contributed by atoms with Gasteiger partial charge in [0.05, 0.1) is 6.04 Å². The van der Waals surface area contributed by atoms with E-state index in [4.69, 9.17) is 15.2 Å². The summed E-state index contributed by atoms with van der Waals surface area (Å²) < 4.78 is 10.6. The molecule has 2 amide bonds. The summed E-state index contributed by atoms with van der Waals surface area (Å²) in [5.41, 5.74) is 4.48. The minimum Gasteiger partial charge on any atom is -0.443 e. The van der Waals surface area contributed by atoms with Crippen LogP contribution in [-0.2, 0) is 14.3 Å². The van der Waals surface area contributed by atoms with E-state index in [9.17, 15) is 14.4 Å². The minimum atomic E-state index is -0.804. The van der Waals surface area contributed by atoms with Gasteiger partial charge in [-0.15, -0.1) is 0 Å². The van der Waals surface area contributed by atoms with Gasteiger partial charge >= 0.3 is 12.2 Å². The largest absolute Gasteiger partial charge is 0.443 e. The van der Waals surface area contributed by atoms with E-state index in [-0.39, 0.29) is 18.6 Å². The average molecular weight is 328 g/mol. The third-order valence-electron chi connectivity index (χ3n) is 3.19. The normalized spacial score (nSPS) is 22.5. The zero-order valence-electron chi connectivity index (χ0n) is 14.8. The van der Waals surface area contributed by atoms with Gasteiger partial charge in [0.25, 0.3) is 0 Å². The lowest BCUT2D eigenvalue weighted by Crippen LogP contribution is -2.57. The van der Waals surface area contributed by atoms with Gasteiger partial charge in [0, 0.05) is 18.9 Å². The summed E-state index contributed by atoms with van der Waals surface area (Å²) in [5, 5.41) is 0. The Balaban J connectivity index is 3.03. The number of carbonyl (C=O) groups is 3. The minimum absolute atomic E-state index is 0.0297. The maximum Gasteiger partial charge on any atom is 0.420 e. The van der Waals surface area contributed by atoms with Crippen LogP contribution in [0, 0.1) is 0 Å². The lowest BCUT2D eigenvalue weighted by atomic mass is 9.89. The van der Waals surface area contributed by atoms with E-state index in [2.05, 4.69) is 0 Å². The Morgan fingerprint density at radius 3 is 1.83 bits per heavy atom. The molecule has 0 heterocycles. The number of Topliss-reactive ketones (excluding diaryl/α,β-unsaturated/α-hetero) is 1. The van der Waals surface area contributed by atoms with Crippen molar-refractivity contribution in [2.45, 2.75) is 84.1 Å². The van der Waals surface area contributed by atoms with Crippen LogP contribution >= 0.6 is 0 Å². The summed E-state index contributed by atoms with van der Waals surface area (Å²) in [6.45, 7) is 10.3. The molecule has 132 valence electrons. The van der Waals surface area contributed by atoms with Crippen molar-refractivity contribution in [1.29, 1.82) is 0 Å². The highest BCUT2D eigenvalue weighted by molar-refractivity contribution is 5.89. The third-order valence-corrected chi connectivity index (χ3v) is 3.19. The Morgan fingerprint density at radius 2 is 1.48 bits per heavy atom. The Labute approximate surface area is 137 Å². The van der Waals surface area contributed by atoms with Crippen molar-refractivity contribution in [2.24, 2.45) is 5.73 Å². The number of carbonyl (C=O) groups excluding carboxylic acids is 3. The summed E-state index contributed by atoms with van der Waals surface area (Å²) in [6.07, 6.45) is -0.880. The maximum absolute atomic E-state index is 12.5. The summed E-state index contributed by atoms with van der Waals surface area (Å²) in [4.78, 5) is 37.4. The maximum atomic E-state index is 12.5. The predicted octanol–water partition coefficient (Wildman–Crippen LogP) is 2.61. The molecule has 1 fully saturated rings. The summed E-state index contributed by atoms with van der Waals surface area (Å²) in [5.74, 6) is 0.0297. The summed E-state index contributed by atoms with van der Waals surface area (Å²) in [7, 11) is 0. The number of nitrogens with two attached hydrogens (primary N) is 1. The standard InChI is InChI=1S/C16H28N2O5/c1-15(2,3)22-13(20)18(14(21)23-16(4,5)6)12-8-7-10(19)9-11(12)17/h11-12H,7-9,17H2,1-6H3/t11-,12+/m0/s1. The first-order valence-electron chi connectivity index (χ1n) is 7.82. The Kier molecular flexibility index (Phi) is 5.79. The Morgan fingerprint density at radius 1 is 1.04 bits per heavy atom. The zero-order valence-corrected chi connectivity index (χ0v) is 14.8. The summed E-state index contributed by atoms with van der Waals surface area (Å²) in [6, 6.07) is -1.23. The quantitative estimate of drug-likeness (QED) is 0.794. The van der Waals surface area contributed by atoms with Crippen LogP contribution in [0.3, 0.4) is 0 Å². The number of hydrogen-bond donors (Lipinski definition) is 1. The van der Waals surface area contributed by atoms with Crippen LogP contribution in [0.4, 0.5) is 9.59 Å². The van der Waals surface area contributed by atoms with Crippen molar-refractivity contribution in [1.82, 2.24) is 4.90 Å². The highest BCUT2D eigenvalue weighted by atomic mass is 16.6. The highest BCUT2D eigenvalue weighted by Crippen LogP contribution is 2.24. The van der Waals surface area contributed by atoms with Crippen molar-refractivity contribution in [2.75, 3.05) is 0 Å². The number of hydrogen-bond acceptors (Lipinski definition) is 6. The fraction of sp³-hybridized carbons (Fsp3) is 0.812. The first-order chi connectivity index (χ1) is 10.3. The number of imide groups is 1. The van der Waals surface area contributed by atoms with E-state index in [1.807, 2.05) is 0 Å². The van der Waals surface area contributed by atoms with Crippen LogP contribution < -0.4 is 5.73 Å². The van der Waals surface area contributed by atoms with Gasteiger partial charge in [-0.05, 0) is 48.0 Å². The number of rotatable bonds is 1. The van der Waals surface area contributed by atoms with Gasteiger partial charge in [-0.1, -0.05) is 0 Å². The lowest BCUT2D eigenvalue weighted by Gasteiger charge is -2.37. The molecule has 1 aliphatic carbocycles. The SMILES string of the molecule is CC(C)(C)OC(=O)N(C(=O)OC(C)(C)C)[C@@H]1CCC(=O)C[C@@H]1N. The molecule has 0 spiro atoms. The Bertz CT molecular complexity index is 448. The number of ketones is 1. The molecule has 0 unspecified atom stereocenters. The van der Waals surface area contributed by atoms with Crippen LogP contribution in [-0.4, -0.2) is 46.2 Å². The van der Waals surface area contributed by atoms with Gasteiger partial charge in [-0.3, -0.25) is 4.79 Å². The fourth-order valence-electron chi connectivity index (χ4n) is 2.31. The molecule has 0 aromatic rings. The topological polar surface area (TPSA) is 98.9 Å². The molecule has 0 aromatic carbocycles. The van der Waals surface area contributed by atoms with Crippen LogP contribution in [0.1, 0.15) is 60.8 Å². The second-order valence-corrected chi connectivity index (χ2v) is 7.84. The van der Waals surface area contributed by atoms with Crippen LogP contribution in [0.5, 0.6) is 0 Å². The predicted molar refractivity (Wildman–Crippen MR) is 84.9 cm³/mol. The van der Waals surface area contributed by atoms with Gasteiger partial charge < -0.3 is 15.2 Å². The molecular formula is C16H28N2O5. The molecule has 2 N–H and O–H groups in total. The molecule has 1 saturated carbocycles. The van der Waals surface area contributed by atoms with Gasteiger partial charge in [0.15, 0.2) is 0 Å². The van der Waals surface area contributed by atoms with Gasteiger partial charge in [0.1, 0.15) is 17.0 Å². The molecular weight excluding hydrogens is 300 g/mol. The molecule has 0 radical (unpaired) electrons. The van der Waals surface area contributed by atoms with Crippen molar-refractivity contribution >= 4 is 18.0 Å². The van der Waals surface area contributed by atoms with E-state index < -0.39 is 35.5 Å². The number of ether oxygens (including phenoxy) is 2. The molecule has 0 aliphatic heterocycles. The molecule has 2 atom stereocenters. The molecule has 7 nitrogen and oxygen atoms in total. The first-order valence-corrected chi connectivity index (χ1v) is 7.82. The molecule has 0 aromatic heterocycles. The number of nitrogens with zero attached hydrogens (tertiary/aromatic N) is 1. The Hall–Kier alpha value is -1.63. The summed E-state index contributed by atoms with van der Waals surface area (Å²) >= 11 is 0. The van der Waals surface area contributed by atoms with E-state index in [0.29, 0.717) is 6.42 Å². The second-order valence-electron chi connectivity index (χ2n) is 7.84. The highest BCUT2D eigenvalue weighted by Gasteiger charge is 2.41. The van der Waals surface area contributed by atoms with Crippen LogP contribution in [0.2, 0.25) is 0 Å². The molecule has 0 saturated heterocycles. The van der Waals surface area contributed by atoms with Crippen LogP contribution in [0.25, 0.3) is 0 Å². The van der Waals surface area contributed by atoms with E-state index in [1.165, 1.54) is 0 Å². The third kappa shape index (κ3) is 6.17. The van der Waals surface area contributed by atoms with E-state index in [1.54, 1.807) is 41.5 Å². The van der Waals surface area contributed by atoms with Crippen molar-refractivity contribution in [3.05, 3.63) is 0 Å². The van der Waals surface area contributed by atoms with Gasteiger partial charge in [-0.25, -0.2) is 14.5 Å². The first kappa shape index (κ1) is 19.4. The zero-order chi connectivity index (χ0) is 18.0. The van der Waals surface area contributed by atoms with E-state index in [0.717, 1.165) is 4.90 Å². The monoisotopic (exact) mass is 328 g/mol. The molecule has 1 aliphatic rings. The van der Waals surface area contributed by atoms with Crippen molar-refractivity contribution < 1.29 is 23.9 Å². The second kappa shape index (κ2) is 6.86. The molecule has 1 rings (SSSR count). The number of amides is 2. The van der Waals surface area contributed by atoms with Crippen LogP contribution in [0.15, 0.2) is 0 Å². The van der Waals surface area contributed by atoms with Crippen molar-refractivity contribution in [3.63, 3.8) is 0 Å². The lowest BCUT2D eigenvalue weighted by molar-refractivity contribution is -0.121. The van der Waals surface area contributed by atoms with Gasteiger partial charge in [0.2, 0.25) is 0 Å². The smallest absolute Gasteiger partial charge is 0.420 e. The molecule has 23 heavy (non-hydrogen) atoms. The van der Waals surface area contributed by atoms with Gasteiger partial charge in [-0.2, -0.15) is 0 Å². The molecule has 7 heteroatoms.